The van der Waals surface area contributed by atoms with Crippen LogP contribution in [0, 0.1) is 0 Å². The van der Waals surface area contributed by atoms with Gasteiger partial charge < -0.3 is 0 Å². The first-order chi connectivity index (χ1) is 9.11. The van der Waals surface area contributed by atoms with E-state index in [2.05, 4.69) is 6.58 Å². The van der Waals surface area contributed by atoms with Gasteiger partial charge in [0.15, 0.2) is 0 Å². The Morgan fingerprint density at radius 1 is 1.37 bits per heavy atom. The zero-order valence-corrected chi connectivity index (χ0v) is 12.2. The molecule has 0 aliphatic heterocycles. The summed E-state index contributed by atoms with van der Waals surface area (Å²) in [6, 6.07) is 7.31. The van der Waals surface area contributed by atoms with E-state index in [0.29, 0.717) is 17.7 Å². The van der Waals surface area contributed by atoms with E-state index in [-0.39, 0.29) is 11.8 Å². The van der Waals surface area contributed by atoms with Crippen LogP contribution < -0.4 is 0 Å². The molecule has 102 valence electrons. The summed E-state index contributed by atoms with van der Waals surface area (Å²) in [5.74, 6) is 0.785. The van der Waals surface area contributed by atoms with Gasteiger partial charge in [0.25, 0.3) is 5.91 Å². The van der Waals surface area contributed by atoms with Gasteiger partial charge in [-0.2, -0.15) is 11.8 Å². The molecule has 2 amide bonds. The van der Waals surface area contributed by atoms with E-state index in [1.54, 1.807) is 18.2 Å². The maximum Gasteiger partial charge on any atom is 0.260 e. The predicted octanol–water partition coefficient (Wildman–Crippen LogP) is 2.77. The fraction of sp³-hybridized carbons (Fsp3) is 0.333. The summed E-state index contributed by atoms with van der Waals surface area (Å²) in [5.41, 5.74) is 1.46. The summed E-state index contributed by atoms with van der Waals surface area (Å²) in [7, 11) is 1.53. The van der Waals surface area contributed by atoms with Gasteiger partial charge in [0, 0.05) is 12.6 Å². The molecule has 0 unspecified atom stereocenters. The normalized spacial score (nSPS) is 10.0. The third-order valence-electron chi connectivity index (χ3n) is 2.72. The molecule has 0 bridgehead atoms. The Morgan fingerprint density at radius 3 is 2.68 bits per heavy atom. The molecule has 3 nitrogen and oxygen atoms in total. The van der Waals surface area contributed by atoms with Crippen LogP contribution in [0.1, 0.15) is 22.8 Å². The van der Waals surface area contributed by atoms with E-state index in [1.807, 2.05) is 19.1 Å². The van der Waals surface area contributed by atoms with E-state index < -0.39 is 0 Å². The number of carbonyl (C=O) groups is 2. The summed E-state index contributed by atoms with van der Waals surface area (Å²) < 4.78 is 0. The molecule has 0 aliphatic rings. The monoisotopic (exact) mass is 277 g/mol. The van der Waals surface area contributed by atoms with Gasteiger partial charge in [-0.05, 0) is 23.8 Å². The molecule has 0 spiro atoms. The first-order valence-electron chi connectivity index (χ1n) is 6.19. The Hall–Kier alpha value is -1.55. The molecule has 0 N–H and O–H groups in total. The number of nitrogens with zero attached hydrogens (tertiary/aromatic N) is 1. The van der Waals surface area contributed by atoms with Crippen molar-refractivity contribution in [2.75, 3.05) is 18.6 Å². The molecule has 4 heteroatoms. The number of imide groups is 1. The lowest BCUT2D eigenvalue weighted by Crippen LogP contribution is -2.35. The van der Waals surface area contributed by atoms with E-state index in [1.165, 1.54) is 23.7 Å². The third kappa shape index (κ3) is 4.24. The zero-order chi connectivity index (χ0) is 14.3. The highest BCUT2D eigenvalue weighted by atomic mass is 32.2. The molecule has 0 aliphatic carbocycles. The lowest BCUT2D eigenvalue weighted by atomic mass is 10.0. The molecular formula is C15H19NO2S. The largest absolute Gasteiger partial charge is 0.281 e. The van der Waals surface area contributed by atoms with Gasteiger partial charge in [0.2, 0.25) is 5.91 Å². The Morgan fingerprint density at radius 2 is 2.05 bits per heavy atom. The highest BCUT2D eigenvalue weighted by Crippen LogP contribution is 2.13. The van der Waals surface area contributed by atoms with Crippen molar-refractivity contribution in [3.8, 4) is 0 Å². The number of benzene rings is 1. The Labute approximate surface area is 118 Å². The number of hydrogen-bond donors (Lipinski definition) is 0. The van der Waals surface area contributed by atoms with E-state index >= 15 is 0 Å². The fourth-order valence-electron chi connectivity index (χ4n) is 1.64. The number of amides is 2. The quantitative estimate of drug-likeness (QED) is 0.750. The lowest BCUT2D eigenvalue weighted by Gasteiger charge is -2.17. The van der Waals surface area contributed by atoms with Crippen LogP contribution >= 0.6 is 11.8 Å². The van der Waals surface area contributed by atoms with Crippen LogP contribution in [0.5, 0.6) is 0 Å². The van der Waals surface area contributed by atoms with Crippen LogP contribution in [-0.2, 0) is 11.2 Å². The third-order valence-corrected chi connectivity index (χ3v) is 3.58. The number of carbonyl (C=O) groups excluding carboxylic acids is 2. The molecule has 1 aromatic carbocycles. The van der Waals surface area contributed by atoms with Gasteiger partial charge in [-0.25, -0.2) is 0 Å². The molecule has 0 atom stereocenters. The molecule has 0 fully saturated rings. The van der Waals surface area contributed by atoms with E-state index in [9.17, 15) is 9.59 Å². The van der Waals surface area contributed by atoms with Crippen molar-refractivity contribution in [3.63, 3.8) is 0 Å². The Balaban J connectivity index is 2.87. The first-order valence-corrected chi connectivity index (χ1v) is 7.34. The zero-order valence-electron chi connectivity index (χ0n) is 11.4. The SMILES string of the molecule is C=CCc1ccccc1C(=O)N(C)C(=O)CSCC. The molecule has 0 heterocycles. The smallest absolute Gasteiger partial charge is 0.260 e. The van der Waals surface area contributed by atoms with Crippen molar-refractivity contribution < 1.29 is 9.59 Å². The van der Waals surface area contributed by atoms with Gasteiger partial charge in [0.05, 0.1) is 5.75 Å². The number of thioether (sulfide) groups is 1. The summed E-state index contributed by atoms with van der Waals surface area (Å²) in [4.78, 5) is 25.4. The summed E-state index contributed by atoms with van der Waals surface area (Å²) in [6.07, 6.45) is 2.37. The summed E-state index contributed by atoms with van der Waals surface area (Å²) in [6.45, 7) is 5.67. The molecule has 0 radical (unpaired) electrons. The Kier molecular flexibility index (Phi) is 6.36. The molecule has 0 saturated heterocycles. The van der Waals surface area contributed by atoms with Crippen molar-refractivity contribution in [1.29, 1.82) is 0 Å². The topological polar surface area (TPSA) is 37.4 Å². The maximum atomic E-state index is 12.3. The predicted molar refractivity (Wildman–Crippen MR) is 80.4 cm³/mol. The summed E-state index contributed by atoms with van der Waals surface area (Å²) >= 11 is 1.51. The van der Waals surface area contributed by atoms with Crippen molar-refractivity contribution in [2.24, 2.45) is 0 Å². The second-order valence-corrected chi connectivity index (χ2v) is 5.32. The highest BCUT2D eigenvalue weighted by Gasteiger charge is 2.20. The Bertz CT molecular complexity index is 471. The second-order valence-electron chi connectivity index (χ2n) is 4.04. The lowest BCUT2D eigenvalue weighted by molar-refractivity contribution is -0.124. The minimum Gasteiger partial charge on any atom is -0.281 e. The number of allylic oxidation sites excluding steroid dienone is 1. The first kappa shape index (κ1) is 15.5. The second kappa shape index (κ2) is 7.79. The average molecular weight is 277 g/mol. The number of hydrogen-bond acceptors (Lipinski definition) is 3. The van der Waals surface area contributed by atoms with Gasteiger partial charge in [0.1, 0.15) is 0 Å². The van der Waals surface area contributed by atoms with Crippen molar-refractivity contribution >= 4 is 23.6 Å². The molecule has 0 aromatic heterocycles. The van der Waals surface area contributed by atoms with Crippen molar-refractivity contribution in [3.05, 3.63) is 48.0 Å². The number of rotatable bonds is 6. The van der Waals surface area contributed by atoms with Crippen LogP contribution in [0.3, 0.4) is 0 Å². The highest BCUT2D eigenvalue weighted by molar-refractivity contribution is 7.99. The van der Waals surface area contributed by atoms with Gasteiger partial charge in [-0.3, -0.25) is 14.5 Å². The standard InChI is InChI=1S/C15H19NO2S/c1-4-8-12-9-6-7-10-13(12)15(18)16(3)14(17)11-19-5-2/h4,6-7,9-10H,1,5,8,11H2,2-3H3. The van der Waals surface area contributed by atoms with Crippen LogP contribution in [0.4, 0.5) is 0 Å². The molecular weight excluding hydrogens is 258 g/mol. The van der Waals surface area contributed by atoms with Crippen LogP contribution in [0.25, 0.3) is 0 Å². The fourth-order valence-corrected chi connectivity index (χ4v) is 2.21. The van der Waals surface area contributed by atoms with E-state index in [0.717, 1.165) is 11.3 Å². The van der Waals surface area contributed by atoms with Crippen molar-refractivity contribution in [2.45, 2.75) is 13.3 Å². The van der Waals surface area contributed by atoms with Gasteiger partial charge >= 0.3 is 0 Å². The molecule has 19 heavy (non-hydrogen) atoms. The minimum atomic E-state index is -0.251. The molecule has 1 rings (SSSR count). The average Bonchev–Trinajstić information content (AvgIpc) is 2.44. The molecule has 1 aromatic rings. The summed E-state index contributed by atoms with van der Waals surface area (Å²) in [5, 5.41) is 0. The van der Waals surface area contributed by atoms with Crippen molar-refractivity contribution in [1.82, 2.24) is 4.90 Å². The van der Waals surface area contributed by atoms with E-state index in [4.69, 9.17) is 0 Å². The van der Waals surface area contributed by atoms with Crippen LogP contribution in [0.2, 0.25) is 0 Å². The van der Waals surface area contributed by atoms with Gasteiger partial charge in [-0.15, -0.1) is 6.58 Å². The molecule has 0 saturated carbocycles. The minimum absolute atomic E-state index is 0.162. The maximum absolute atomic E-state index is 12.3. The van der Waals surface area contributed by atoms with Crippen LogP contribution in [-0.4, -0.2) is 35.3 Å². The van der Waals surface area contributed by atoms with Crippen LogP contribution in [0.15, 0.2) is 36.9 Å². The van der Waals surface area contributed by atoms with Gasteiger partial charge in [-0.1, -0.05) is 31.2 Å².